The molecule has 1 atom stereocenters. The van der Waals surface area contributed by atoms with Crippen LogP contribution >= 0.6 is 0 Å². The number of oxazole rings is 1. The number of rotatable bonds is 3. The molecule has 1 amide bonds. The maximum Gasteiger partial charge on any atom is 0.273 e. The highest BCUT2D eigenvalue weighted by molar-refractivity contribution is 5.92. The van der Waals surface area contributed by atoms with Crippen LogP contribution in [0.5, 0.6) is 0 Å². The summed E-state index contributed by atoms with van der Waals surface area (Å²) >= 11 is 0. The van der Waals surface area contributed by atoms with Crippen LogP contribution in [0.1, 0.15) is 61.4 Å². The van der Waals surface area contributed by atoms with E-state index in [1.54, 1.807) is 6.92 Å². The van der Waals surface area contributed by atoms with Gasteiger partial charge in [0.2, 0.25) is 5.89 Å². The first-order valence-electron chi connectivity index (χ1n) is 6.18. The summed E-state index contributed by atoms with van der Waals surface area (Å²) in [6.45, 7) is 1.77. The fourth-order valence-corrected chi connectivity index (χ4v) is 2.11. The average Bonchev–Trinajstić information content (AvgIpc) is 2.79. The second-order valence-corrected chi connectivity index (χ2v) is 4.67. The van der Waals surface area contributed by atoms with Crippen LogP contribution in [-0.2, 0) is 0 Å². The summed E-state index contributed by atoms with van der Waals surface area (Å²) in [6.07, 6.45) is 7.14. The molecule has 0 aromatic carbocycles. The molecule has 3 N–H and O–H groups in total. The topological polar surface area (TPSA) is 81.1 Å². The van der Waals surface area contributed by atoms with Crippen molar-refractivity contribution in [1.29, 1.82) is 0 Å². The third-order valence-electron chi connectivity index (χ3n) is 3.08. The number of amides is 1. The van der Waals surface area contributed by atoms with E-state index in [2.05, 4.69) is 10.3 Å². The van der Waals surface area contributed by atoms with Gasteiger partial charge in [-0.25, -0.2) is 4.98 Å². The zero-order valence-corrected chi connectivity index (χ0v) is 10.1. The van der Waals surface area contributed by atoms with Crippen LogP contribution in [0.15, 0.2) is 10.7 Å². The number of nitrogens with one attached hydrogen (secondary N) is 1. The Morgan fingerprint density at radius 3 is 2.82 bits per heavy atom. The number of nitrogens with zero attached hydrogens (tertiary/aromatic N) is 1. The maximum atomic E-state index is 11.9. The van der Waals surface area contributed by atoms with E-state index in [0.717, 1.165) is 12.8 Å². The number of carbonyl (C=O) groups excluding carboxylic acids is 1. The lowest BCUT2D eigenvalue weighted by atomic mass is 9.95. The third-order valence-corrected chi connectivity index (χ3v) is 3.08. The molecule has 0 bridgehead atoms. The van der Waals surface area contributed by atoms with Crippen molar-refractivity contribution in [3.05, 3.63) is 17.8 Å². The first-order valence-corrected chi connectivity index (χ1v) is 6.18. The normalized spacial score (nSPS) is 18.9. The SMILES string of the molecule is CC(N)c1nc(C(=O)NC2CCCCC2)co1. The summed E-state index contributed by atoms with van der Waals surface area (Å²) in [4.78, 5) is 15.9. The van der Waals surface area contributed by atoms with Gasteiger partial charge in [-0.2, -0.15) is 0 Å². The van der Waals surface area contributed by atoms with Gasteiger partial charge < -0.3 is 15.5 Å². The molecule has 1 heterocycles. The summed E-state index contributed by atoms with van der Waals surface area (Å²) in [5.41, 5.74) is 5.95. The fourth-order valence-electron chi connectivity index (χ4n) is 2.11. The van der Waals surface area contributed by atoms with Gasteiger partial charge in [-0.3, -0.25) is 4.79 Å². The smallest absolute Gasteiger partial charge is 0.273 e. The predicted octanol–water partition coefficient (Wildman–Crippen LogP) is 1.76. The van der Waals surface area contributed by atoms with Crippen molar-refractivity contribution in [3.63, 3.8) is 0 Å². The van der Waals surface area contributed by atoms with Crippen LogP contribution in [0.2, 0.25) is 0 Å². The minimum Gasteiger partial charge on any atom is -0.446 e. The highest BCUT2D eigenvalue weighted by Gasteiger charge is 2.19. The Morgan fingerprint density at radius 1 is 1.53 bits per heavy atom. The lowest BCUT2D eigenvalue weighted by Crippen LogP contribution is -2.36. The van der Waals surface area contributed by atoms with E-state index in [0.29, 0.717) is 11.6 Å². The molecule has 1 fully saturated rings. The van der Waals surface area contributed by atoms with Gasteiger partial charge in [0.25, 0.3) is 5.91 Å². The van der Waals surface area contributed by atoms with Crippen LogP contribution in [-0.4, -0.2) is 16.9 Å². The highest BCUT2D eigenvalue weighted by Crippen LogP contribution is 2.18. The van der Waals surface area contributed by atoms with Crippen LogP contribution in [0.4, 0.5) is 0 Å². The summed E-state index contributed by atoms with van der Waals surface area (Å²) in [5.74, 6) is 0.242. The highest BCUT2D eigenvalue weighted by atomic mass is 16.3. The third kappa shape index (κ3) is 3.06. The summed E-state index contributed by atoms with van der Waals surface area (Å²) in [6, 6.07) is -0.00192. The van der Waals surface area contributed by atoms with E-state index in [1.165, 1.54) is 25.5 Å². The Morgan fingerprint density at radius 2 is 2.24 bits per heavy atom. The Labute approximate surface area is 101 Å². The van der Waals surface area contributed by atoms with Gasteiger partial charge in [0.1, 0.15) is 6.26 Å². The Hall–Kier alpha value is -1.36. The van der Waals surface area contributed by atoms with Gasteiger partial charge in [-0.15, -0.1) is 0 Å². The van der Waals surface area contributed by atoms with Crippen molar-refractivity contribution < 1.29 is 9.21 Å². The molecule has 0 spiro atoms. The predicted molar refractivity (Wildman–Crippen MR) is 63.4 cm³/mol. The summed E-state index contributed by atoms with van der Waals surface area (Å²) in [7, 11) is 0. The quantitative estimate of drug-likeness (QED) is 0.839. The van der Waals surface area contributed by atoms with Crippen LogP contribution in [0.25, 0.3) is 0 Å². The average molecular weight is 237 g/mol. The summed E-state index contributed by atoms with van der Waals surface area (Å²) in [5, 5.41) is 2.99. The molecule has 1 aliphatic rings. The van der Waals surface area contributed by atoms with Gasteiger partial charge in [0.15, 0.2) is 5.69 Å². The monoisotopic (exact) mass is 237 g/mol. The molecule has 1 saturated carbocycles. The van der Waals surface area contributed by atoms with Gasteiger partial charge in [0, 0.05) is 6.04 Å². The molecule has 5 nitrogen and oxygen atoms in total. The molecule has 1 aliphatic carbocycles. The largest absolute Gasteiger partial charge is 0.446 e. The Bertz CT molecular complexity index is 381. The lowest BCUT2D eigenvalue weighted by molar-refractivity contribution is 0.0922. The molecule has 1 unspecified atom stereocenters. The second kappa shape index (κ2) is 5.31. The van der Waals surface area contributed by atoms with Crippen molar-refractivity contribution in [2.75, 3.05) is 0 Å². The van der Waals surface area contributed by atoms with Gasteiger partial charge in [-0.05, 0) is 19.8 Å². The number of aromatic nitrogens is 1. The van der Waals surface area contributed by atoms with Crippen LogP contribution < -0.4 is 11.1 Å². The first-order chi connectivity index (χ1) is 8.16. The summed E-state index contributed by atoms with van der Waals surface area (Å²) < 4.78 is 5.14. The standard InChI is InChI=1S/C12H19N3O2/c1-8(13)12-15-10(7-17-12)11(16)14-9-5-3-2-4-6-9/h7-9H,2-6,13H2,1H3,(H,14,16). The van der Waals surface area contributed by atoms with Crippen molar-refractivity contribution in [2.45, 2.75) is 51.1 Å². The Kier molecular flexibility index (Phi) is 3.78. The van der Waals surface area contributed by atoms with Crippen molar-refractivity contribution >= 4 is 5.91 Å². The molecule has 0 saturated heterocycles. The van der Waals surface area contributed by atoms with E-state index in [9.17, 15) is 4.79 Å². The number of hydrogen-bond acceptors (Lipinski definition) is 4. The molecule has 1 aromatic heterocycles. The fraction of sp³-hybridized carbons (Fsp3) is 0.667. The molecule has 17 heavy (non-hydrogen) atoms. The van der Waals surface area contributed by atoms with Crippen LogP contribution in [0, 0.1) is 0 Å². The second-order valence-electron chi connectivity index (χ2n) is 4.67. The van der Waals surface area contributed by atoms with Crippen molar-refractivity contribution in [1.82, 2.24) is 10.3 Å². The molecule has 0 radical (unpaired) electrons. The molecular formula is C12H19N3O2. The molecular weight excluding hydrogens is 218 g/mol. The van der Waals surface area contributed by atoms with Crippen LogP contribution in [0.3, 0.4) is 0 Å². The zero-order valence-electron chi connectivity index (χ0n) is 10.1. The Balaban J connectivity index is 1.94. The van der Waals surface area contributed by atoms with E-state index in [1.807, 2.05) is 0 Å². The minimum atomic E-state index is -0.286. The first kappa shape index (κ1) is 12.1. The molecule has 1 aromatic rings. The lowest BCUT2D eigenvalue weighted by Gasteiger charge is -2.22. The van der Waals surface area contributed by atoms with E-state index in [4.69, 9.17) is 10.2 Å². The molecule has 0 aliphatic heterocycles. The van der Waals surface area contributed by atoms with Crippen molar-refractivity contribution in [3.8, 4) is 0 Å². The number of hydrogen-bond donors (Lipinski definition) is 2. The van der Waals surface area contributed by atoms with E-state index >= 15 is 0 Å². The molecule has 5 heteroatoms. The van der Waals surface area contributed by atoms with Crippen molar-refractivity contribution in [2.24, 2.45) is 5.73 Å². The van der Waals surface area contributed by atoms with E-state index < -0.39 is 0 Å². The van der Waals surface area contributed by atoms with Gasteiger partial charge in [0.05, 0.1) is 6.04 Å². The number of nitrogens with two attached hydrogens (primary N) is 1. The molecule has 2 rings (SSSR count). The van der Waals surface area contributed by atoms with E-state index in [-0.39, 0.29) is 18.0 Å². The van der Waals surface area contributed by atoms with Gasteiger partial charge in [-0.1, -0.05) is 19.3 Å². The minimum absolute atomic E-state index is 0.160. The number of carbonyl (C=O) groups is 1. The zero-order chi connectivity index (χ0) is 12.3. The van der Waals surface area contributed by atoms with Gasteiger partial charge >= 0.3 is 0 Å². The molecule has 94 valence electrons. The maximum absolute atomic E-state index is 11.9.